The van der Waals surface area contributed by atoms with Crippen LogP contribution in [0.4, 0.5) is 17.1 Å². The van der Waals surface area contributed by atoms with Gasteiger partial charge in [0.15, 0.2) is 0 Å². The minimum Gasteiger partial charge on any atom is -0.368 e. The number of para-hydroxylation sites is 1. The van der Waals surface area contributed by atoms with E-state index in [1.807, 2.05) is 4.90 Å². The summed E-state index contributed by atoms with van der Waals surface area (Å²) < 4.78 is 23.5. The third-order valence-electron chi connectivity index (χ3n) is 4.22. The van der Waals surface area contributed by atoms with E-state index in [1.54, 1.807) is 30.3 Å². The number of benzene rings is 2. The lowest BCUT2D eigenvalue weighted by Gasteiger charge is -2.37. The van der Waals surface area contributed by atoms with Crippen molar-refractivity contribution in [3.63, 3.8) is 0 Å². The SMILES string of the molecule is NS(=O)(=O)c1ccccc1N1CCN(c2ccc([N+](=O)[O-])cc2)CC1. The molecule has 1 heterocycles. The van der Waals surface area contributed by atoms with Crippen molar-refractivity contribution in [1.29, 1.82) is 0 Å². The van der Waals surface area contributed by atoms with Gasteiger partial charge in [0.1, 0.15) is 4.90 Å². The molecule has 0 spiro atoms. The molecule has 1 saturated heterocycles. The van der Waals surface area contributed by atoms with Crippen LogP contribution >= 0.6 is 0 Å². The number of piperazine rings is 1. The molecule has 1 aliphatic heterocycles. The third kappa shape index (κ3) is 3.72. The van der Waals surface area contributed by atoms with E-state index in [9.17, 15) is 18.5 Å². The first-order valence-electron chi connectivity index (χ1n) is 7.72. The topological polar surface area (TPSA) is 110 Å². The molecule has 2 aromatic rings. The lowest BCUT2D eigenvalue weighted by atomic mass is 10.2. The van der Waals surface area contributed by atoms with Crippen LogP contribution in [0.1, 0.15) is 0 Å². The van der Waals surface area contributed by atoms with Crippen LogP contribution in [0.3, 0.4) is 0 Å². The average molecular weight is 362 g/mol. The second-order valence-corrected chi connectivity index (χ2v) is 7.29. The molecule has 0 amide bonds. The van der Waals surface area contributed by atoms with Gasteiger partial charge in [0.25, 0.3) is 5.69 Å². The largest absolute Gasteiger partial charge is 0.368 e. The second kappa shape index (κ2) is 6.69. The van der Waals surface area contributed by atoms with Crippen molar-refractivity contribution in [2.75, 3.05) is 36.0 Å². The molecular weight excluding hydrogens is 344 g/mol. The molecule has 0 atom stereocenters. The highest BCUT2D eigenvalue weighted by molar-refractivity contribution is 7.89. The van der Waals surface area contributed by atoms with Crippen LogP contribution in [0.2, 0.25) is 0 Å². The summed E-state index contributed by atoms with van der Waals surface area (Å²) in [5.74, 6) is 0. The summed E-state index contributed by atoms with van der Waals surface area (Å²) in [6.45, 7) is 2.61. The maximum absolute atomic E-state index is 11.8. The monoisotopic (exact) mass is 362 g/mol. The van der Waals surface area contributed by atoms with E-state index in [0.29, 0.717) is 31.9 Å². The van der Waals surface area contributed by atoms with E-state index in [0.717, 1.165) is 5.69 Å². The first kappa shape index (κ1) is 17.2. The van der Waals surface area contributed by atoms with Crippen LogP contribution < -0.4 is 14.9 Å². The van der Waals surface area contributed by atoms with Gasteiger partial charge in [0.05, 0.1) is 10.6 Å². The molecule has 0 aromatic heterocycles. The zero-order valence-corrected chi connectivity index (χ0v) is 14.2. The van der Waals surface area contributed by atoms with E-state index < -0.39 is 14.9 Å². The summed E-state index contributed by atoms with van der Waals surface area (Å²) in [6, 6.07) is 13.1. The second-order valence-electron chi connectivity index (χ2n) is 5.76. The fourth-order valence-electron chi connectivity index (χ4n) is 2.95. The lowest BCUT2D eigenvalue weighted by molar-refractivity contribution is -0.384. The lowest BCUT2D eigenvalue weighted by Crippen LogP contribution is -2.47. The molecular formula is C16H18N4O4S. The van der Waals surface area contributed by atoms with Crippen molar-refractivity contribution >= 4 is 27.1 Å². The highest BCUT2D eigenvalue weighted by Gasteiger charge is 2.23. The molecule has 0 radical (unpaired) electrons. The normalized spacial score (nSPS) is 15.2. The van der Waals surface area contributed by atoms with E-state index >= 15 is 0 Å². The van der Waals surface area contributed by atoms with Crippen LogP contribution in [0.25, 0.3) is 0 Å². The molecule has 1 fully saturated rings. The van der Waals surface area contributed by atoms with Crippen molar-refractivity contribution in [2.24, 2.45) is 5.14 Å². The van der Waals surface area contributed by atoms with Crippen LogP contribution in [0.5, 0.6) is 0 Å². The Morgan fingerprint density at radius 3 is 2.04 bits per heavy atom. The molecule has 0 saturated carbocycles. The average Bonchev–Trinajstić information content (AvgIpc) is 2.61. The van der Waals surface area contributed by atoms with Crippen molar-refractivity contribution in [3.8, 4) is 0 Å². The number of rotatable bonds is 4. The maximum Gasteiger partial charge on any atom is 0.269 e. The van der Waals surface area contributed by atoms with Gasteiger partial charge in [-0.2, -0.15) is 0 Å². The minimum absolute atomic E-state index is 0.0597. The van der Waals surface area contributed by atoms with E-state index in [-0.39, 0.29) is 10.6 Å². The van der Waals surface area contributed by atoms with Crippen molar-refractivity contribution < 1.29 is 13.3 Å². The van der Waals surface area contributed by atoms with Crippen LogP contribution in [-0.4, -0.2) is 39.5 Å². The highest BCUT2D eigenvalue weighted by atomic mass is 32.2. The molecule has 2 N–H and O–H groups in total. The summed E-state index contributed by atoms with van der Waals surface area (Å²) in [5, 5.41) is 16.0. The predicted molar refractivity (Wildman–Crippen MR) is 95.3 cm³/mol. The molecule has 8 nitrogen and oxygen atoms in total. The zero-order valence-electron chi connectivity index (χ0n) is 13.4. The Morgan fingerprint density at radius 2 is 1.48 bits per heavy atom. The molecule has 1 aliphatic rings. The van der Waals surface area contributed by atoms with E-state index in [1.165, 1.54) is 18.2 Å². The number of nitro benzene ring substituents is 1. The van der Waals surface area contributed by atoms with Gasteiger partial charge < -0.3 is 9.80 Å². The van der Waals surface area contributed by atoms with Crippen molar-refractivity contribution in [1.82, 2.24) is 0 Å². The van der Waals surface area contributed by atoms with Gasteiger partial charge in [-0.05, 0) is 24.3 Å². The van der Waals surface area contributed by atoms with Gasteiger partial charge in [-0.15, -0.1) is 0 Å². The van der Waals surface area contributed by atoms with Crippen LogP contribution in [-0.2, 0) is 10.0 Å². The summed E-state index contributed by atoms with van der Waals surface area (Å²) in [4.78, 5) is 14.5. The number of anilines is 2. The Morgan fingerprint density at radius 1 is 0.920 bits per heavy atom. The molecule has 0 unspecified atom stereocenters. The fourth-order valence-corrected chi connectivity index (χ4v) is 3.71. The Bertz CT molecular complexity index is 875. The first-order valence-corrected chi connectivity index (χ1v) is 9.27. The Labute approximate surface area is 145 Å². The Hall–Kier alpha value is -2.65. The van der Waals surface area contributed by atoms with Crippen molar-refractivity contribution in [2.45, 2.75) is 4.90 Å². The number of hydrogen-bond acceptors (Lipinski definition) is 6. The molecule has 2 aromatic carbocycles. The van der Waals surface area contributed by atoms with Crippen LogP contribution in [0.15, 0.2) is 53.4 Å². The van der Waals surface area contributed by atoms with Gasteiger partial charge in [-0.3, -0.25) is 10.1 Å². The first-order chi connectivity index (χ1) is 11.9. The van der Waals surface area contributed by atoms with E-state index in [4.69, 9.17) is 5.14 Å². The molecule has 25 heavy (non-hydrogen) atoms. The van der Waals surface area contributed by atoms with E-state index in [2.05, 4.69) is 4.90 Å². The summed E-state index contributed by atoms with van der Waals surface area (Å²) in [6.07, 6.45) is 0. The number of non-ortho nitro benzene ring substituents is 1. The quantitative estimate of drug-likeness (QED) is 0.653. The molecule has 9 heteroatoms. The van der Waals surface area contributed by atoms with Gasteiger partial charge in [-0.25, -0.2) is 13.6 Å². The maximum atomic E-state index is 11.8. The minimum atomic E-state index is -3.78. The summed E-state index contributed by atoms with van der Waals surface area (Å²) >= 11 is 0. The zero-order chi connectivity index (χ0) is 18.0. The smallest absolute Gasteiger partial charge is 0.269 e. The molecule has 0 bridgehead atoms. The van der Waals surface area contributed by atoms with Gasteiger partial charge in [0, 0.05) is 44.0 Å². The van der Waals surface area contributed by atoms with Crippen LogP contribution in [0, 0.1) is 10.1 Å². The Balaban J connectivity index is 1.73. The number of nitrogens with zero attached hydrogens (tertiary/aromatic N) is 3. The summed E-state index contributed by atoms with van der Waals surface area (Å²) in [5.41, 5.74) is 1.57. The predicted octanol–water partition coefficient (Wildman–Crippen LogP) is 1.57. The number of nitrogens with two attached hydrogens (primary N) is 1. The molecule has 3 rings (SSSR count). The molecule has 132 valence electrons. The summed E-state index contributed by atoms with van der Waals surface area (Å²) in [7, 11) is -3.78. The van der Waals surface area contributed by atoms with Gasteiger partial charge >= 0.3 is 0 Å². The third-order valence-corrected chi connectivity index (χ3v) is 5.18. The molecule has 0 aliphatic carbocycles. The van der Waals surface area contributed by atoms with Gasteiger partial charge in [-0.1, -0.05) is 12.1 Å². The highest BCUT2D eigenvalue weighted by Crippen LogP contribution is 2.27. The fraction of sp³-hybridized carbons (Fsp3) is 0.250. The number of hydrogen-bond donors (Lipinski definition) is 1. The van der Waals surface area contributed by atoms with Crippen molar-refractivity contribution in [3.05, 3.63) is 58.6 Å². The van der Waals surface area contributed by atoms with Gasteiger partial charge in [0.2, 0.25) is 10.0 Å². The number of sulfonamides is 1. The Kier molecular flexibility index (Phi) is 4.60. The number of nitro groups is 1. The number of primary sulfonamides is 1. The standard InChI is InChI=1S/C16H18N4O4S/c17-25(23,24)16-4-2-1-3-15(16)19-11-9-18(10-12-19)13-5-7-14(8-6-13)20(21)22/h1-8H,9-12H2,(H2,17,23,24).